The first kappa shape index (κ1) is 12.3. The molecule has 8 heteroatoms. The Morgan fingerprint density at radius 3 is 1.93 bits per heavy atom. The quantitative estimate of drug-likeness (QED) is 0.748. The maximum absolute atomic E-state index is 11.2. The second kappa shape index (κ2) is 4.02. The first-order valence-electron chi connectivity index (χ1n) is 3.15. The molecule has 78 valence electrons. The molecule has 0 saturated carbocycles. The van der Waals surface area contributed by atoms with Crippen LogP contribution in [0.5, 0.6) is 0 Å². The average molecular weight is 295 g/mol. The van der Waals surface area contributed by atoms with Crippen molar-refractivity contribution in [2.75, 3.05) is 6.26 Å². The van der Waals surface area contributed by atoms with Crippen LogP contribution in [0.4, 0.5) is 0 Å². The molecule has 1 aromatic heterocycles. The topological polar surface area (TPSA) is 47.0 Å². The van der Waals surface area contributed by atoms with Gasteiger partial charge >= 0.3 is 0 Å². The Kier molecular flexibility index (Phi) is 3.54. The molecule has 0 saturated heterocycles. The van der Waals surface area contributed by atoms with Gasteiger partial charge in [0.05, 0.1) is 10.0 Å². The van der Waals surface area contributed by atoms with Crippen molar-refractivity contribution >= 4 is 56.2 Å². The summed E-state index contributed by atoms with van der Waals surface area (Å²) in [6, 6.07) is 0. The summed E-state index contributed by atoms with van der Waals surface area (Å²) in [6.07, 6.45) is 0.950. The second-order valence-electron chi connectivity index (χ2n) is 2.42. The Morgan fingerprint density at radius 1 is 1.00 bits per heavy atom. The fourth-order valence-electron chi connectivity index (χ4n) is 0.783. The van der Waals surface area contributed by atoms with Crippen LogP contribution in [0, 0.1) is 0 Å². The van der Waals surface area contributed by atoms with Gasteiger partial charge in [-0.1, -0.05) is 46.4 Å². The lowest BCUT2D eigenvalue weighted by Gasteiger charge is -2.06. The second-order valence-corrected chi connectivity index (χ2v) is 5.85. The van der Waals surface area contributed by atoms with Crippen molar-refractivity contribution in [3.05, 3.63) is 20.4 Å². The number of nitrogens with zero attached hydrogens (tertiary/aromatic N) is 1. The normalized spacial score (nSPS) is 11.8. The summed E-state index contributed by atoms with van der Waals surface area (Å²) in [4.78, 5) is 3.23. The number of hydrogen-bond acceptors (Lipinski definition) is 3. The Hall–Kier alpha value is 0.260. The molecule has 0 unspecified atom stereocenters. The molecule has 0 bridgehead atoms. The predicted octanol–water partition coefficient (Wildman–Crippen LogP) is 3.10. The van der Waals surface area contributed by atoms with Gasteiger partial charge < -0.3 is 0 Å². The highest BCUT2D eigenvalue weighted by atomic mass is 35.5. The van der Waals surface area contributed by atoms with E-state index in [1.807, 2.05) is 0 Å². The number of rotatable bonds is 1. The van der Waals surface area contributed by atoms with Crippen molar-refractivity contribution in [3.63, 3.8) is 0 Å². The van der Waals surface area contributed by atoms with Crippen molar-refractivity contribution in [2.24, 2.45) is 0 Å². The van der Waals surface area contributed by atoms with Crippen molar-refractivity contribution < 1.29 is 8.42 Å². The van der Waals surface area contributed by atoms with Gasteiger partial charge in [-0.25, -0.2) is 13.4 Å². The lowest BCUT2D eigenvalue weighted by molar-refractivity contribution is 0.601. The highest BCUT2D eigenvalue weighted by molar-refractivity contribution is 7.91. The van der Waals surface area contributed by atoms with Gasteiger partial charge in [0.15, 0.2) is 20.1 Å². The number of aromatic nitrogens is 1. The zero-order valence-electron chi connectivity index (χ0n) is 6.68. The van der Waals surface area contributed by atoms with Crippen LogP contribution in [0.25, 0.3) is 0 Å². The molecule has 3 nitrogen and oxygen atoms in total. The summed E-state index contributed by atoms with van der Waals surface area (Å²) in [5.74, 6) is 0. The molecule has 1 heterocycles. The van der Waals surface area contributed by atoms with Crippen LogP contribution < -0.4 is 0 Å². The van der Waals surface area contributed by atoms with Crippen LogP contribution in [-0.4, -0.2) is 19.7 Å². The Balaban J connectivity index is 3.70. The van der Waals surface area contributed by atoms with E-state index in [2.05, 4.69) is 4.98 Å². The monoisotopic (exact) mass is 293 g/mol. The third-order valence-corrected chi connectivity index (χ3v) is 4.18. The smallest absolute Gasteiger partial charge is 0.180 e. The van der Waals surface area contributed by atoms with E-state index < -0.39 is 9.84 Å². The maximum atomic E-state index is 11.2. The van der Waals surface area contributed by atoms with E-state index in [9.17, 15) is 8.42 Å². The number of hydrogen-bond donors (Lipinski definition) is 0. The molecule has 0 aromatic carbocycles. The van der Waals surface area contributed by atoms with Crippen LogP contribution >= 0.6 is 46.4 Å². The molecular weight excluding hydrogens is 292 g/mol. The molecule has 14 heavy (non-hydrogen) atoms. The zero-order valence-corrected chi connectivity index (χ0v) is 10.5. The SMILES string of the molecule is CS(=O)(=O)c1c(Cl)nc(Cl)c(Cl)c1Cl. The highest BCUT2D eigenvalue weighted by Crippen LogP contribution is 2.37. The first-order valence-corrected chi connectivity index (χ1v) is 6.55. The third kappa shape index (κ3) is 2.25. The molecule has 0 atom stereocenters. The fourth-order valence-corrected chi connectivity index (χ4v) is 3.27. The summed E-state index contributed by atoms with van der Waals surface area (Å²) in [5, 5.41) is -0.752. The average Bonchev–Trinajstić information content (AvgIpc) is 1.97. The van der Waals surface area contributed by atoms with Gasteiger partial charge in [-0.2, -0.15) is 0 Å². The van der Waals surface area contributed by atoms with Gasteiger partial charge in [0.2, 0.25) is 0 Å². The number of halogens is 4. The predicted molar refractivity (Wildman–Crippen MR) is 57.4 cm³/mol. The van der Waals surface area contributed by atoms with Gasteiger partial charge in [-0.15, -0.1) is 0 Å². The van der Waals surface area contributed by atoms with E-state index in [0.717, 1.165) is 6.26 Å². The van der Waals surface area contributed by atoms with Gasteiger partial charge in [-0.3, -0.25) is 0 Å². The largest absolute Gasteiger partial charge is 0.224 e. The minimum atomic E-state index is -3.57. The standard InChI is InChI=1S/C6H3Cl4NO2S/c1-14(12,13)4-2(7)3(8)5(9)11-6(4)10/h1H3. The van der Waals surface area contributed by atoms with Crippen molar-refractivity contribution in [1.29, 1.82) is 0 Å². The maximum Gasteiger partial charge on any atom is 0.180 e. The summed E-state index contributed by atoms with van der Waals surface area (Å²) in [6.45, 7) is 0. The first-order chi connectivity index (χ1) is 6.25. The number of sulfone groups is 1. The molecule has 0 aliphatic carbocycles. The van der Waals surface area contributed by atoms with E-state index in [1.165, 1.54) is 0 Å². The van der Waals surface area contributed by atoms with Crippen LogP contribution in [0.2, 0.25) is 20.4 Å². The molecule has 0 N–H and O–H groups in total. The van der Waals surface area contributed by atoms with Gasteiger partial charge in [0, 0.05) is 6.26 Å². The molecule has 0 radical (unpaired) electrons. The van der Waals surface area contributed by atoms with Crippen LogP contribution in [-0.2, 0) is 9.84 Å². The van der Waals surface area contributed by atoms with E-state index in [4.69, 9.17) is 46.4 Å². The minimum Gasteiger partial charge on any atom is -0.224 e. The Morgan fingerprint density at radius 2 is 1.50 bits per heavy atom. The molecular formula is C6H3Cl4NO2S. The molecule has 1 rings (SSSR count). The van der Waals surface area contributed by atoms with Crippen LogP contribution in [0.3, 0.4) is 0 Å². The van der Waals surface area contributed by atoms with E-state index in [0.29, 0.717) is 0 Å². The summed E-state index contributed by atoms with van der Waals surface area (Å²) < 4.78 is 22.5. The van der Waals surface area contributed by atoms with Crippen molar-refractivity contribution in [1.82, 2.24) is 4.98 Å². The lowest BCUT2D eigenvalue weighted by atomic mass is 10.5. The molecule has 1 aromatic rings. The Bertz CT molecular complexity index is 485. The fraction of sp³-hybridized carbons (Fsp3) is 0.167. The number of pyridine rings is 1. The van der Waals surface area contributed by atoms with E-state index in [1.54, 1.807) is 0 Å². The molecule has 0 amide bonds. The van der Waals surface area contributed by atoms with E-state index in [-0.39, 0.29) is 25.2 Å². The lowest BCUT2D eigenvalue weighted by Crippen LogP contribution is -2.01. The summed E-state index contributed by atoms with van der Waals surface area (Å²) >= 11 is 22.4. The molecule has 0 fully saturated rings. The summed E-state index contributed by atoms with van der Waals surface area (Å²) in [5.41, 5.74) is 0. The van der Waals surface area contributed by atoms with Crippen LogP contribution in [0.1, 0.15) is 0 Å². The van der Waals surface area contributed by atoms with Gasteiger partial charge in [-0.05, 0) is 0 Å². The molecule has 0 aliphatic rings. The van der Waals surface area contributed by atoms with E-state index >= 15 is 0 Å². The Labute approximate surface area is 101 Å². The highest BCUT2D eigenvalue weighted by Gasteiger charge is 2.22. The molecule has 0 aliphatic heterocycles. The molecule has 0 spiro atoms. The third-order valence-electron chi connectivity index (χ3n) is 1.33. The summed E-state index contributed by atoms with van der Waals surface area (Å²) in [7, 11) is -3.57. The van der Waals surface area contributed by atoms with Crippen molar-refractivity contribution in [3.8, 4) is 0 Å². The minimum absolute atomic E-state index is 0.127. The van der Waals surface area contributed by atoms with Gasteiger partial charge in [0.25, 0.3) is 0 Å². The van der Waals surface area contributed by atoms with Crippen molar-refractivity contribution in [2.45, 2.75) is 4.90 Å². The van der Waals surface area contributed by atoms with Crippen LogP contribution in [0.15, 0.2) is 4.90 Å². The van der Waals surface area contributed by atoms with Gasteiger partial charge in [0.1, 0.15) is 4.90 Å². The zero-order chi connectivity index (χ0) is 11.1.